The third kappa shape index (κ3) is 1.70. The van der Waals surface area contributed by atoms with E-state index in [1.165, 1.54) is 0 Å². The van der Waals surface area contributed by atoms with Crippen LogP contribution in [0.1, 0.15) is 0 Å². The lowest BCUT2D eigenvalue weighted by Crippen LogP contribution is -1.96. The standard InChI is InChI=1S/C14H12N4O2/c15-10-3-8-6-16-18-11(8)5-12(10)17-9-1-2-13-14(4-9)20-7-19-13/h1-6,17H,7,15H2,(H,16,18). The van der Waals surface area contributed by atoms with Crippen molar-refractivity contribution in [3.8, 4) is 11.5 Å². The van der Waals surface area contributed by atoms with Crippen LogP contribution in [0.2, 0.25) is 0 Å². The second kappa shape index (κ2) is 4.06. The SMILES string of the molecule is Nc1cc2cn[nH]c2cc1Nc1ccc2c(c1)OCO2. The first-order chi connectivity index (χ1) is 9.79. The number of hydrogen-bond donors (Lipinski definition) is 3. The van der Waals surface area contributed by atoms with E-state index in [1.54, 1.807) is 6.20 Å². The van der Waals surface area contributed by atoms with E-state index >= 15 is 0 Å². The number of nitrogens with two attached hydrogens (primary N) is 1. The van der Waals surface area contributed by atoms with Gasteiger partial charge in [0.25, 0.3) is 0 Å². The molecule has 1 aliphatic rings. The normalized spacial score (nSPS) is 12.8. The minimum Gasteiger partial charge on any atom is -0.454 e. The molecule has 2 aromatic carbocycles. The summed E-state index contributed by atoms with van der Waals surface area (Å²) in [5.74, 6) is 1.49. The number of fused-ring (bicyclic) bond motifs is 2. The van der Waals surface area contributed by atoms with Gasteiger partial charge in [0.05, 0.1) is 23.1 Å². The Kier molecular flexibility index (Phi) is 2.23. The molecule has 4 N–H and O–H groups in total. The third-order valence-corrected chi connectivity index (χ3v) is 3.26. The van der Waals surface area contributed by atoms with Crippen molar-refractivity contribution in [2.24, 2.45) is 0 Å². The maximum atomic E-state index is 6.05. The van der Waals surface area contributed by atoms with Crippen molar-refractivity contribution in [1.82, 2.24) is 10.2 Å². The monoisotopic (exact) mass is 268 g/mol. The first kappa shape index (κ1) is 11.0. The van der Waals surface area contributed by atoms with Crippen LogP contribution in [0, 0.1) is 0 Å². The number of aromatic amines is 1. The highest BCUT2D eigenvalue weighted by molar-refractivity contribution is 5.90. The van der Waals surface area contributed by atoms with Crippen LogP contribution in [0.5, 0.6) is 11.5 Å². The van der Waals surface area contributed by atoms with Crippen LogP contribution >= 0.6 is 0 Å². The van der Waals surface area contributed by atoms with Crippen molar-refractivity contribution in [2.45, 2.75) is 0 Å². The highest BCUT2D eigenvalue weighted by Crippen LogP contribution is 2.36. The van der Waals surface area contributed by atoms with Gasteiger partial charge in [-0.25, -0.2) is 0 Å². The predicted octanol–water partition coefficient (Wildman–Crippen LogP) is 2.62. The summed E-state index contributed by atoms with van der Waals surface area (Å²) >= 11 is 0. The van der Waals surface area contributed by atoms with Crippen LogP contribution in [-0.4, -0.2) is 17.0 Å². The maximum absolute atomic E-state index is 6.05. The number of aromatic nitrogens is 2. The van der Waals surface area contributed by atoms with Crippen LogP contribution in [0.25, 0.3) is 10.9 Å². The van der Waals surface area contributed by atoms with Crippen molar-refractivity contribution < 1.29 is 9.47 Å². The van der Waals surface area contributed by atoms with Gasteiger partial charge in [0.2, 0.25) is 6.79 Å². The quantitative estimate of drug-likeness (QED) is 0.622. The number of H-pyrrole nitrogens is 1. The molecule has 2 heterocycles. The van der Waals surface area contributed by atoms with Crippen molar-refractivity contribution in [3.63, 3.8) is 0 Å². The number of anilines is 3. The van der Waals surface area contributed by atoms with Gasteiger partial charge in [-0.15, -0.1) is 0 Å². The molecular weight excluding hydrogens is 256 g/mol. The van der Waals surface area contributed by atoms with E-state index in [2.05, 4.69) is 15.5 Å². The average Bonchev–Trinajstić information content (AvgIpc) is 3.06. The zero-order chi connectivity index (χ0) is 13.5. The van der Waals surface area contributed by atoms with Crippen LogP contribution in [0.3, 0.4) is 0 Å². The number of nitrogen functional groups attached to an aromatic ring is 1. The Morgan fingerprint density at radius 1 is 1.15 bits per heavy atom. The van der Waals surface area contributed by atoms with E-state index in [4.69, 9.17) is 15.2 Å². The molecule has 1 aliphatic heterocycles. The molecule has 3 aromatic rings. The zero-order valence-electron chi connectivity index (χ0n) is 10.5. The molecule has 0 amide bonds. The van der Waals surface area contributed by atoms with E-state index in [1.807, 2.05) is 30.3 Å². The van der Waals surface area contributed by atoms with Gasteiger partial charge in [0.1, 0.15) is 0 Å². The van der Waals surface area contributed by atoms with Gasteiger partial charge in [0, 0.05) is 17.1 Å². The smallest absolute Gasteiger partial charge is 0.231 e. The first-order valence-corrected chi connectivity index (χ1v) is 6.19. The summed E-state index contributed by atoms with van der Waals surface area (Å²) in [6.45, 7) is 0.265. The summed E-state index contributed by atoms with van der Waals surface area (Å²) in [6, 6.07) is 9.50. The number of nitrogens with one attached hydrogen (secondary N) is 2. The Morgan fingerprint density at radius 3 is 3.00 bits per heavy atom. The minimum atomic E-state index is 0.265. The van der Waals surface area contributed by atoms with Crippen molar-refractivity contribution in [3.05, 3.63) is 36.5 Å². The molecule has 0 aliphatic carbocycles. The minimum absolute atomic E-state index is 0.265. The molecule has 0 fully saturated rings. The average molecular weight is 268 g/mol. The van der Waals surface area contributed by atoms with Crippen LogP contribution in [-0.2, 0) is 0 Å². The molecule has 6 nitrogen and oxygen atoms in total. The fraction of sp³-hybridized carbons (Fsp3) is 0.0714. The van der Waals surface area contributed by atoms with E-state index in [-0.39, 0.29) is 6.79 Å². The third-order valence-electron chi connectivity index (χ3n) is 3.26. The second-order valence-corrected chi connectivity index (χ2v) is 4.59. The Hall–Kier alpha value is -2.89. The Balaban J connectivity index is 1.71. The van der Waals surface area contributed by atoms with Crippen LogP contribution < -0.4 is 20.5 Å². The summed E-state index contributed by atoms with van der Waals surface area (Å²) < 4.78 is 10.6. The van der Waals surface area contributed by atoms with Crippen molar-refractivity contribution >= 4 is 28.0 Å². The highest BCUT2D eigenvalue weighted by Gasteiger charge is 2.13. The molecule has 0 saturated heterocycles. The van der Waals surface area contributed by atoms with Crippen molar-refractivity contribution in [1.29, 1.82) is 0 Å². The fourth-order valence-electron chi connectivity index (χ4n) is 2.25. The molecule has 0 saturated carbocycles. The van der Waals surface area contributed by atoms with Gasteiger partial charge in [-0.05, 0) is 24.3 Å². The summed E-state index contributed by atoms with van der Waals surface area (Å²) in [4.78, 5) is 0. The van der Waals surface area contributed by atoms with Gasteiger partial charge in [-0.1, -0.05) is 0 Å². The van der Waals surface area contributed by atoms with E-state index in [9.17, 15) is 0 Å². The number of ether oxygens (including phenoxy) is 2. The molecule has 1 aromatic heterocycles. The number of benzene rings is 2. The molecule has 20 heavy (non-hydrogen) atoms. The van der Waals surface area contributed by atoms with Gasteiger partial charge in [-0.3, -0.25) is 5.10 Å². The number of hydrogen-bond acceptors (Lipinski definition) is 5. The van der Waals surface area contributed by atoms with Gasteiger partial charge < -0.3 is 20.5 Å². The Bertz CT molecular complexity index is 797. The fourth-order valence-corrected chi connectivity index (χ4v) is 2.25. The summed E-state index contributed by atoms with van der Waals surface area (Å²) in [5.41, 5.74) is 9.35. The molecular formula is C14H12N4O2. The molecule has 6 heteroatoms. The summed E-state index contributed by atoms with van der Waals surface area (Å²) in [7, 11) is 0. The summed E-state index contributed by atoms with van der Waals surface area (Å²) in [6.07, 6.45) is 1.75. The number of rotatable bonds is 2. The lowest BCUT2D eigenvalue weighted by atomic mass is 10.2. The molecule has 0 atom stereocenters. The zero-order valence-corrected chi connectivity index (χ0v) is 10.5. The van der Waals surface area contributed by atoms with E-state index in [0.717, 1.165) is 33.8 Å². The van der Waals surface area contributed by atoms with Gasteiger partial charge in [0.15, 0.2) is 11.5 Å². The molecule has 100 valence electrons. The molecule has 4 rings (SSSR count). The lowest BCUT2D eigenvalue weighted by molar-refractivity contribution is 0.174. The van der Waals surface area contributed by atoms with Gasteiger partial charge in [-0.2, -0.15) is 5.10 Å². The largest absolute Gasteiger partial charge is 0.454 e. The Morgan fingerprint density at radius 2 is 2.05 bits per heavy atom. The molecule has 0 spiro atoms. The summed E-state index contributed by atoms with van der Waals surface area (Å²) in [5, 5.41) is 11.2. The maximum Gasteiger partial charge on any atom is 0.231 e. The lowest BCUT2D eigenvalue weighted by Gasteiger charge is -2.10. The highest BCUT2D eigenvalue weighted by atomic mass is 16.7. The number of nitrogens with zero attached hydrogens (tertiary/aromatic N) is 1. The molecule has 0 unspecified atom stereocenters. The second-order valence-electron chi connectivity index (χ2n) is 4.59. The van der Waals surface area contributed by atoms with Crippen molar-refractivity contribution in [2.75, 3.05) is 17.8 Å². The predicted molar refractivity (Wildman–Crippen MR) is 76.4 cm³/mol. The van der Waals surface area contributed by atoms with E-state index in [0.29, 0.717) is 5.69 Å². The van der Waals surface area contributed by atoms with E-state index < -0.39 is 0 Å². The molecule has 0 bridgehead atoms. The topological polar surface area (TPSA) is 85.2 Å². The van der Waals surface area contributed by atoms with Crippen LogP contribution in [0.15, 0.2) is 36.5 Å². The van der Waals surface area contributed by atoms with Gasteiger partial charge >= 0.3 is 0 Å². The molecule has 0 radical (unpaired) electrons. The van der Waals surface area contributed by atoms with Crippen LogP contribution in [0.4, 0.5) is 17.1 Å². The Labute approximate surface area is 114 Å². The first-order valence-electron chi connectivity index (χ1n) is 6.19.